The van der Waals surface area contributed by atoms with E-state index in [1.165, 1.54) is 11.3 Å². The molecule has 0 bridgehead atoms. The number of hydrogen-bond donors (Lipinski definition) is 1. The summed E-state index contributed by atoms with van der Waals surface area (Å²) in [4.78, 5) is 20.2. The van der Waals surface area contributed by atoms with Crippen molar-refractivity contribution in [2.24, 2.45) is 0 Å². The van der Waals surface area contributed by atoms with Crippen LogP contribution in [0.4, 0.5) is 0 Å². The Morgan fingerprint density at radius 2 is 2.21 bits per heavy atom. The maximum atomic E-state index is 13.1. The van der Waals surface area contributed by atoms with E-state index in [0.717, 1.165) is 34.1 Å². The van der Waals surface area contributed by atoms with Crippen LogP contribution < -0.4 is 5.32 Å². The third kappa shape index (κ3) is 3.75. The van der Waals surface area contributed by atoms with Crippen LogP contribution in [0.1, 0.15) is 38.9 Å². The van der Waals surface area contributed by atoms with Gasteiger partial charge in [0.1, 0.15) is 4.88 Å². The molecule has 1 aromatic carbocycles. The Morgan fingerprint density at radius 3 is 2.88 bits per heavy atom. The van der Waals surface area contributed by atoms with Crippen molar-refractivity contribution < 1.29 is 4.79 Å². The standard InChI is InChI=1S/C17H20ClN3OS.ClH/c1-3-15-20-11(2)16(23-15)17(22)21-9-8-19-10-14(21)12-6-4-5-7-13(12)18;/h4-7,14,19H,3,8-10H2,1-2H3;1H. The summed E-state index contributed by atoms with van der Waals surface area (Å²) in [6.07, 6.45) is 0.855. The molecule has 0 saturated carbocycles. The van der Waals surface area contributed by atoms with E-state index in [0.29, 0.717) is 18.1 Å². The second-order valence-corrected chi connectivity index (χ2v) is 7.11. The second kappa shape index (κ2) is 8.30. The normalized spacial score (nSPS) is 17.5. The first-order valence-corrected chi connectivity index (χ1v) is 9.03. The summed E-state index contributed by atoms with van der Waals surface area (Å²) in [5.41, 5.74) is 1.82. The van der Waals surface area contributed by atoms with Gasteiger partial charge in [0.05, 0.1) is 16.7 Å². The first-order valence-electron chi connectivity index (χ1n) is 7.84. The highest BCUT2D eigenvalue weighted by Gasteiger charge is 2.31. The van der Waals surface area contributed by atoms with Crippen LogP contribution in [0, 0.1) is 6.92 Å². The Kier molecular flexibility index (Phi) is 6.63. The lowest BCUT2D eigenvalue weighted by molar-refractivity contribution is 0.0638. The summed E-state index contributed by atoms with van der Waals surface area (Å²) in [5, 5.41) is 5.08. The third-order valence-electron chi connectivity index (χ3n) is 4.11. The summed E-state index contributed by atoms with van der Waals surface area (Å²) in [5.74, 6) is 0.0612. The fourth-order valence-corrected chi connectivity index (χ4v) is 4.13. The van der Waals surface area contributed by atoms with Crippen LogP contribution in [0.15, 0.2) is 24.3 Å². The number of thiazole rings is 1. The Bertz CT molecular complexity index is 720. The first-order chi connectivity index (χ1) is 11.1. The van der Waals surface area contributed by atoms with Gasteiger partial charge < -0.3 is 10.2 Å². The van der Waals surface area contributed by atoms with Gasteiger partial charge in [0, 0.05) is 24.7 Å². The molecule has 1 aromatic heterocycles. The maximum absolute atomic E-state index is 13.1. The molecule has 7 heteroatoms. The molecule has 1 N–H and O–H groups in total. The average molecular weight is 386 g/mol. The van der Waals surface area contributed by atoms with Crippen molar-refractivity contribution in [1.29, 1.82) is 0 Å². The fourth-order valence-electron chi connectivity index (χ4n) is 2.90. The van der Waals surface area contributed by atoms with Gasteiger partial charge in [0.25, 0.3) is 5.91 Å². The molecular weight excluding hydrogens is 365 g/mol. The first kappa shape index (κ1) is 19.2. The summed E-state index contributed by atoms with van der Waals surface area (Å²) in [6, 6.07) is 7.70. The van der Waals surface area contributed by atoms with Crippen molar-refractivity contribution >= 4 is 41.3 Å². The maximum Gasteiger partial charge on any atom is 0.266 e. The molecule has 1 atom stereocenters. The molecular formula is C17H21Cl2N3OS. The Balaban J connectivity index is 0.00000208. The molecule has 1 aliphatic heterocycles. The number of nitrogens with one attached hydrogen (secondary N) is 1. The van der Waals surface area contributed by atoms with Crippen LogP contribution >= 0.6 is 35.3 Å². The molecule has 0 aliphatic carbocycles. The minimum Gasteiger partial charge on any atom is -0.328 e. The molecule has 1 amide bonds. The second-order valence-electron chi connectivity index (χ2n) is 5.62. The van der Waals surface area contributed by atoms with Gasteiger partial charge in [0.15, 0.2) is 0 Å². The molecule has 4 nitrogen and oxygen atoms in total. The molecule has 3 rings (SSSR count). The van der Waals surface area contributed by atoms with E-state index in [9.17, 15) is 4.79 Å². The van der Waals surface area contributed by atoms with Crippen molar-refractivity contribution in [3.63, 3.8) is 0 Å². The van der Waals surface area contributed by atoms with Crippen molar-refractivity contribution in [1.82, 2.24) is 15.2 Å². The van der Waals surface area contributed by atoms with E-state index < -0.39 is 0 Å². The van der Waals surface area contributed by atoms with Crippen LogP contribution in [0.25, 0.3) is 0 Å². The van der Waals surface area contributed by atoms with E-state index in [1.807, 2.05) is 36.1 Å². The average Bonchev–Trinajstić information content (AvgIpc) is 2.96. The van der Waals surface area contributed by atoms with Crippen LogP contribution in [-0.2, 0) is 6.42 Å². The molecule has 1 saturated heterocycles. The van der Waals surface area contributed by atoms with E-state index in [-0.39, 0.29) is 24.4 Å². The van der Waals surface area contributed by atoms with Crippen molar-refractivity contribution in [2.45, 2.75) is 26.3 Å². The summed E-state index contributed by atoms with van der Waals surface area (Å²) in [7, 11) is 0. The number of aryl methyl sites for hydroxylation is 2. The lowest BCUT2D eigenvalue weighted by Crippen LogP contribution is -2.48. The number of rotatable bonds is 3. The molecule has 1 aliphatic rings. The summed E-state index contributed by atoms with van der Waals surface area (Å²) in [6.45, 7) is 6.16. The Morgan fingerprint density at radius 1 is 1.46 bits per heavy atom. The van der Waals surface area contributed by atoms with Gasteiger partial charge in [-0.1, -0.05) is 36.7 Å². The zero-order chi connectivity index (χ0) is 16.4. The zero-order valence-corrected chi connectivity index (χ0v) is 16.1. The highest BCUT2D eigenvalue weighted by Crippen LogP contribution is 2.31. The van der Waals surface area contributed by atoms with Gasteiger partial charge in [-0.25, -0.2) is 4.98 Å². The van der Waals surface area contributed by atoms with E-state index in [1.54, 1.807) is 0 Å². The lowest BCUT2D eigenvalue weighted by Gasteiger charge is -2.36. The van der Waals surface area contributed by atoms with Crippen molar-refractivity contribution in [2.75, 3.05) is 19.6 Å². The predicted octanol–water partition coefficient (Wildman–Crippen LogP) is 3.88. The van der Waals surface area contributed by atoms with Gasteiger partial charge in [-0.2, -0.15) is 0 Å². The molecule has 2 heterocycles. The quantitative estimate of drug-likeness (QED) is 0.871. The topological polar surface area (TPSA) is 45.2 Å². The molecule has 1 fully saturated rings. The molecule has 24 heavy (non-hydrogen) atoms. The smallest absolute Gasteiger partial charge is 0.266 e. The molecule has 0 radical (unpaired) electrons. The van der Waals surface area contributed by atoms with Crippen LogP contribution in [-0.4, -0.2) is 35.4 Å². The highest BCUT2D eigenvalue weighted by molar-refractivity contribution is 7.13. The fraction of sp³-hybridized carbons (Fsp3) is 0.412. The summed E-state index contributed by atoms with van der Waals surface area (Å²) >= 11 is 7.86. The minimum absolute atomic E-state index is 0. The van der Waals surface area contributed by atoms with E-state index in [2.05, 4.69) is 17.2 Å². The van der Waals surface area contributed by atoms with Crippen LogP contribution in [0.5, 0.6) is 0 Å². The number of benzene rings is 1. The molecule has 2 aromatic rings. The minimum atomic E-state index is -0.0449. The number of piperazine rings is 1. The van der Waals surface area contributed by atoms with Gasteiger partial charge in [-0.05, 0) is 25.0 Å². The van der Waals surface area contributed by atoms with Gasteiger partial charge in [-0.15, -0.1) is 23.7 Å². The SMILES string of the molecule is CCc1nc(C)c(C(=O)N2CCNCC2c2ccccc2Cl)s1.Cl. The largest absolute Gasteiger partial charge is 0.328 e. The van der Waals surface area contributed by atoms with Crippen LogP contribution in [0.3, 0.4) is 0 Å². The third-order valence-corrected chi connectivity index (χ3v) is 5.74. The number of nitrogens with zero attached hydrogens (tertiary/aromatic N) is 2. The van der Waals surface area contributed by atoms with E-state index >= 15 is 0 Å². The Labute approximate surface area is 157 Å². The zero-order valence-electron chi connectivity index (χ0n) is 13.7. The lowest BCUT2D eigenvalue weighted by atomic mass is 10.0. The van der Waals surface area contributed by atoms with Crippen molar-refractivity contribution in [3.8, 4) is 0 Å². The molecule has 1 unspecified atom stereocenters. The number of aromatic nitrogens is 1. The number of amides is 1. The molecule has 0 spiro atoms. The number of halogens is 2. The van der Waals surface area contributed by atoms with Gasteiger partial charge in [-0.3, -0.25) is 4.79 Å². The monoisotopic (exact) mass is 385 g/mol. The molecule has 130 valence electrons. The van der Waals surface area contributed by atoms with E-state index in [4.69, 9.17) is 11.6 Å². The number of carbonyl (C=O) groups is 1. The van der Waals surface area contributed by atoms with Crippen molar-refractivity contribution in [3.05, 3.63) is 50.4 Å². The Hall–Kier alpha value is -1.14. The van der Waals surface area contributed by atoms with Gasteiger partial charge >= 0.3 is 0 Å². The van der Waals surface area contributed by atoms with Crippen LogP contribution in [0.2, 0.25) is 5.02 Å². The number of hydrogen-bond acceptors (Lipinski definition) is 4. The van der Waals surface area contributed by atoms with Gasteiger partial charge in [0.2, 0.25) is 0 Å². The summed E-state index contributed by atoms with van der Waals surface area (Å²) < 4.78 is 0. The predicted molar refractivity (Wildman–Crippen MR) is 102 cm³/mol. The number of carbonyl (C=O) groups excluding carboxylic acids is 1. The highest BCUT2D eigenvalue weighted by atomic mass is 35.5.